The Bertz CT molecular complexity index is 1100. The molecule has 5 rings (SSSR count). The first-order chi connectivity index (χ1) is 14.3. The second kappa shape index (κ2) is 7.93. The lowest BCUT2D eigenvalue weighted by Crippen LogP contribution is -3.13. The van der Waals surface area contributed by atoms with Crippen molar-refractivity contribution in [2.45, 2.75) is 13.5 Å². The number of quaternary nitrogens is 1. The van der Waals surface area contributed by atoms with E-state index >= 15 is 0 Å². The molecule has 5 heteroatoms. The van der Waals surface area contributed by atoms with Crippen molar-refractivity contribution in [2.24, 2.45) is 0 Å². The summed E-state index contributed by atoms with van der Waals surface area (Å²) in [5.74, 6) is 1.09. The summed E-state index contributed by atoms with van der Waals surface area (Å²) in [7, 11) is 0. The number of benzene rings is 2. The zero-order valence-corrected chi connectivity index (χ0v) is 17.5. The molecule has 0 aliphatic carbocycles. The van der Waals surface area contributed by atoms with Crippen molar-refractivity contribution in [3.8, 4) is 11.1 Å². The minimum absolute atomic E-state index is 1.03. The number of thiophene rings is 1. The van der Waals surface area contributed by atoms with Gasteiger partial charge >= 0.3 is 0 Å². The Morgan fingerprint density at radius 3 is 2.48 bits per heavy atom. The van der Waals surface area contributed by atoms with E-state index in [-0.39, 0.29) is 0 Å². The van der Waals surface area contributed by atoms with E-state index < -0.39 is 0 Å². The van der Waals surface area contributed by atoms with Gasteiger partial charge in [-0.05, 0) is 12.5 Å². The second-order valence-electron chi connectivity index (χ2n) is 7.79. The van der Waals surface area contributed by atoms with Gasteiger partial charge in [-0.2, -0.15) is 0 Å². The molecule has 1 aliphatic heterocycles. The van der Waals surface area contributed by atoms with Crippen molar-refractivity contribution in [3.05, 3.63) is 77.4 Å². The number of hydrogen-bond acceptors (Lipinski definition) is 4. The van der Waals surface area contributed by atoms with Gasteiger partial charge in [0.25, 0.3) is 0 Å². The van der Waals surface area contributed by atoms with E-state index in [1.54, 1.807) is 22.6 Å². The molecule has 1 fully saturated rings. The van der Waals surface area contributed by atoms with Crippen molar-refractivity contribution >= 4 is 27.4 Å². The van der Waals surface area contributed by atoms with Crippen LogP contribution < -0.4 is 9.80 Å². The summed E-state index contributed by atoms with van der Waals surface area (Å²) in [5, 5.41) is 3.43. The molecule has 1 N–H and O–H groups in total. The molecule has 2 aromatic carbocycles. The van der Waals surface area contributed by atoms with E-state index in [0.29, 0.717) is 0 Å². The summed E-state index contributed by atoms with van der Waals surface area (Å²) >= 11 is 1.71. The average molecular weight is 402 g/mol. The smallest absolute Gasteiger partial charge is 0.141 e. The van der Waals surface area contributed by atoms with Crippen molar-refractivity contribution in [1.82, 2.24) is 9.97 Å². The standard InChI is InChI=1S/C24H24N4S/c1-18-7-9-20(10-8-18)21-16-29-24-22(21)23(25-17-26-24)28-13-11-27(12-14-28)15-19-5-3-2-4-6-19/h2-10,16-17H,11-15H2,1H3/p+1. The highest BCUT2D eigenvalue weighted by atomic mass is 32.1. The van der Waals surface area contributed by atoms with Crippen LogP contribution in [-0.4, -0.2) is 36.1 Å². The molecular formula is C24H25N4S+. The van der Waals surface area contributed by atoms with Crippen LogP contribution in [0.4, 0.5) is 5.82 Å². The van der Waals surface area contributed by atoms with E-state index in [0.717, 1.165) is 43.4 Å². The first-order valence-electron chi connectivity index (χ1n) is 10.2. The van der Waals surface area contributed by atoms with E-state index in [2.05, 4.69) is 76.8 Å². The van der Waals surface area contributed by atoms with Crippen LogP contribution in [0, 0.1) is 6.92 Å². The molecule has 0 bridgehead atoms. The predicted molar refractivity (Wildman–Crippen MR) is 121 cm³/mol. The molecule has 146 valence electrons. The summed E-state index contributed by atoms with van der Waals surface area (Å²) in [6.07, 6.45) is 1.72. The number of fused-ring (bicyclic) bond motifs is 1. The van der Waals surface area contributed by atoms with Gasteiger partial charge in [0.15, 0.2) is 0 Å². The Balaban J connectivity index is 1.39. The van der Waals surface area contributed by atoms with Crippen molar-refractivity contribution in [3.63, 3.8) is 0 Å². The first kappa shape index (κ1) is 18.3. The third-order valence-corrected chi connectivity index (χ3v) is 6.67. The summed E-state index contributed by atoms with van der Waals surface area (Å²) in [4.78, 5) is 14.4. The third-order valence-electron chi connectivity index (χ3n) is 5.78. The van der Waals surface area contributed by atoms with Crippen LogP contribution in [0.15, 0.2) is 66.3 Å². The van der Waals surface area contributed by atoms with Crippen molar-refractivity contribution < 1.29 is 4.90 Å². The highest BCUT2D eigenvalue weighted by Gasteiger charge is 2.24. The van der Waals surface area contributed by atoms with Crippen molar-refractivity contribution in [1.29, 1.82) is 0 Å². The quantitative estimate of drug-likeness (QED) is 0.568. The number of hydrogen-bond donors (Lipinski definition) is 1. The summed E-state index contributed by atoms with van der Waals surface area (Å²) in [5.41, 5.74) is 5.19. The van der Waals surface area contributed by atoms with Gasteiger partial charge in [-0.15, -0.1) is 11.3 Å². The lowest BCUT2D eigenvalue weighted by molar-refractivity contribution is -0.914. The van der Waals surface area contributed by atoms with Crippen LogP contribution in [0.1, 0.15) is 11.1 Å². The van der Waals surface area contributed by atoms with Crippen LogP contribution in [-0.2, 0) is 6.54 Å². The molecular weight excluding hydrogens is 376 g/mol. The number of piperazine rings is 1. The largest absolute Gasteiger partial charge is 0.345 e. The Kier molecular flexibility index (Phi) is 5.00. The highest BCUT2D eigenvalue weighted by Crippen LogP contribution is 2.37. The predicted octanol–water partition coefficient (Wildman–Crippen LogP) is 3.57. The molecule has 0 spiro atoms. The number of aryl methyl sites for hydroxylation is 1. The van der Waals surface area contributed by atoms with E-state index in [4.69, 9.17) is 4.98 Å². The SMILES string of the molecule is Cc1ccc(-c2csc3ncnc(N4CC[NH+](Cc5ccccc5)CC4)c23)cc1. The summed E-state index contributed by atoms with van der Waals surface area (Å²) < 4.78 is 0. The van der Waals surface area contributed by atoms with E-state index in [1.807, 2.05) is 0 Å². The molecule has 2 aromatic heterocycles. The van der Waals surface area contributed by atoms with Gasteiger partial charge < -0.3 is 9.80 Å². The van der Waals surface area contributed by atoms with E-state index in [1.165, 1.54) is 27.6 Å². The van der Waals surface area contributed by atoms with Crippen LogP contribution in [0.3, 0.4) is 0 Å². The normalized spacial score (nSPS) is 15.1. The molecule has 3 heterocycles. The maximum Gasteiger partial charge on any atom is 0.141 e. The van der Waals surface area contributed by atoms with Crippen LogP contribution >= 0.6 is 11.3 Å². The van der Waals surface area contributed by atoms with Gasteiger partial charge in [-0.25, -0.2) is 9.97 Å². The molecule has 0 amide bonds. The molecule has 1 aliphatic rings. The van der Waals surface area contributed by atoms with Gasteiger partial charge in [0.2, 0.25) is 0 Å². The summed E-state index contributed by atoms with van der Waals surface area (Å²) in [6, 6.07) is 19.6. The topological polar surface area (TPSA) is 33.5 Å². The van der Waals surface area contributed by atoms with Crippen LogP contribution in [0.25, 0.3) is 21.3 Å². The minimum Gasteiger partial charge on any atom is -0.345 e. The number of nitrogens with one attached hydrogen (secondary N) is 1. The zero-order chi connectivity index (χ0) is 19.6. The molecule has 1 saturated heterocycles. The van der Waals surface area contributed by atoms with Gasteiger partial charge in [0.1, 0.15) is 23.5 Å². The molecule has 4 nitrogen and oxygen atoms in total. The Hall–Kier alpha value is -2.76. The lowest BCUT2D eigenvalue weighted by Gasteiger charge is -2.33. The number of anilines is 1. The van der Waals surface area contributed by atoms with Gasteiger partial charge in [-0.3, -0.25) is 0 Å². The number of rotatable bonds is 4. The zero-order valence-electron chi connectivity index (χ0n) is 16.6. The fraction of sp³-hybridized carbons (Fsp3) is 0.250. The van der Waals surface area contributed by atoms with Crippen molar-refractivity contribution in [2.75, 3.05) is 31.1 Å². The van der Waals surface area contributed by atoms with Crippen LogP contribution in [0.2, 0.25) is 0 Å². The van der Waals surface area contributed by atoms with Gasteiger partial charge in [-0.1, -0.05) is 60.2 Å². The van der Waals surface area contributed by atoms with Gasteiger partial charge in [0.05, 0.1) is 31.6 Å². The Labute approximate surface area is 175 Å². The maximum absolute atomic E-state index is 4.73. The maximum atomic E-state index is 4.73. The molecule has 4 aromatic rings. The summed E-state index contributed by atoms with van der Waals surface area (Å²) in [6.45, 7) is 7.53. The third kappa shape index (κ3) is 3.76. The fourth-order valence-corrected chi connectivity index (χ4v) is 5.05. The molecule has 0 radical (unpaired) electrons. The van der Waals surface area contributed by atoms with Gasteiger partial charge in [0, 0.05) is 16.5 Å². The highest BCUT2D eigenvalue weighted by molar-refractivity contribution is 7.17. The molecule has 0 saturated carbocycles. The average Bonchev–Trinajstić information content (AvgIpc) is 3.20. The second-order valence-corrected chi connectivity index (χ2v) is 8.65. The lowest BCUT2D eigenvalue weighted by atomic mass is 10.0. The first-order valence-corrected chi connectivity index (χ1v) is 11.1. The fourth-order valence-electron chi connectivity index (χ4n) is 4.14. The monoisotopic (exact) mass is 401 g/mol. The number of nitrogens with zero attached hydrogens (tertiary/aromatic N) is 3. The molecule has 0 unspecified atom stereocenters. The Morgan fingerprint density at radius 1 is 0.966 bits per heavy atom. The molecule has 29 heavy (non-hydrogen) atoms. The van der Waals surface area contributed by atoms with E-state index in [9.17, 15) is 0 Å². The minimum atomic E-state index is 1.03. The molecule has 0 atom stereocenters. The van der Waals surface area contributed by atoms with Crippen LogP contribution in [0.5, 0.6) is 0 Å². The number of aromatic nitrogens is 2. The Morgan fingerprint density at radius 2 is 1.72 bits per heavy atom.